The van der Waals surface area contributed by atoms with Crippen molar-refractivity contribution in [1.82, 2.24) is 4.98 Å². The van der Waals surface area contributed by atoms with Crippen LogP contribution in [0.25, 0.3) is 0 Å². The van der Waals surface area contributed by atoms with Crippen LogP contribution in [0, 0.1) is 22.0 Å². The molecule has 0 saturated carbocycles. The Bertz CT molecular complexity index is 385. The molecule has 2 nitrogen and oxygen atoms in total. The maximum Gasteiger partial charge on any atom is 0.265 e. The van der Waals surface area contributed by atoms with Crippen molar-refractivity contribution in [2.45, 2.75) is 19.8 Å². The van der Waals surface area contributed by atoms with Crippen molar-refractivity contribution in [1.29, 1.82) is 5.26 Å². The Morgan fingerprint density at radius 2 is 2.29 bits per heavy atom. The number of nitriles is 1. The van der Waals surface area contributed by atoms with E-state index in [-0.39, 0.29) is 17.7 Å². The van der Waals surface area contributed by atoms with E-state index in [0.29, 0.717) is 9.26 Å². The Morgan fingerprint density at radius 3 is 2.79 bits per heavy atom. The summed E-state index contributed by atoms with van der Waals surface area (Å²) in [5.41, 5.74) is 0.754. The quantitative estimate of drug-likeness (QED) is 0.622. The first-order valence-corrected chi connectivity index (χ1v) is 4.95. The van der Waals surface area contributed by atoms with Gasteiger partial charge >= 0.3 is 0 Å². The summed E-state index contributed by atoms with van der Waals surface area (Å²) in [5.74, 6) is 0. The molecule has 74 valence electrons. The molecule has 1 aromatic rings. The fourth-order valence-corrected chi connectivity index (χ4v) is 1.50. The Labute approximate surface area is 94.1 Å². The van der Waals surface area contributed by atoms with Gasteiger partial charge in [-0.1, -0.05) is 0 Å². The van der Waals surface area contributed by atoms with Crippen molar-refractivity contribution < 1.29 is 8.78 Å². The molecule has 0 amide bonds. The van der Waals surface area contributed by atoms with Gasteiger partial charge in [-0.05, 0) is 41.1 Å². The average molecular weight is 308 g/mol. The van der Waals surface area contributed by atoms with Crippen LogP contribution in [0.5, 0.6) is 0 Å². The number of aryl methyl sites for hydroxylation is 1. The second kappa shape index (κ2) is 4.64. The van der Waals surface area contributed by atoms with E-state index in [1.54, 1.807) is 6.92 Å². The number of rotatable bonds is 2. The Balaban J connectivity index is 3.25. The van der Waals surface area contributed by atoms with E-state index >= 15 is 0 Å². The number of hydrogen-bond acceptors (Lipinski definition) is 2. The van der Waals surface area contributed by atoms with Crippen LogP contribution in [0.2, 0.25) is 0 Å². The van der Waals surface area contributed by atoms with Gasteiger partial charge in [0.05, 0.1) is 18.2 Å². The molecule has 1 heterocycles. The van der Waals surface area contributed by atoms with Gasteiger partial charge in [0.1, 0.15) is 3.70 Å². The van der Waals surface area contributed by atoms with E-state index in [1.165, 1.54) is 6.07 Å². The molecule has 1 rings (SSSR count). The van der Waals surface area contributed by atoms with E-state index in [1.807, 2.05) is 28.7 Å². The van der Waals surface area contributed by atoms with Gasteiger partial charge in [-0.25, -0.2) is 13.8 Å². The number of halogens is 3. The van der Waals surface area contributed by atoms with Gasteiger partial charge in [0.25, 0.3) is 6.43 Å². The molecule has 14 heavy (non-hydrogen) atoms. The van der Waals surface area contributed by atoms with E-state index in [9.17, 15) is 8.78 Å². The number of alkyl halides is 2. The predicted molar refractivity (Wildman–Crippen MR) is 56.0 cm³/mol. The summed E-state index contributed by atoms with van der Waals surface area (Å²) in [6.45, 7) is 1.72. The molecule has 0 atom stereocenters. The summed E-state index contributed by atoms with van der Waals surface area (Å²) in [4.78, 5) is 3.97. The lowest BCUT2D eigenvalue weighted by Gasteiger charge is -2.07. The minimum absolute atomic E-state index is 0.0735. The van der Waals surface area contributed by atoms with Crippen LogP contribution >= 0.6 is 22.6 Å². The molecule has 0 unspecified atom stereocenters. The third kappa shape index (κ3) is 2.38. The lowest BCUT2D eigenvalue weighted by molar-refractivity contribution is 0.149. The van der Waals surface area contributed by atoms with Crippen molar-refractivity contribution in [2.24, 2.45) is 0 Å². The average Bonchev–Trinajstić information content (AvgIpc) is 2.11. The summed E-state index contributed by atoms with van der Waals surface area (Å²) < 4.78 is 25.7. The van der Waals surface area contributed by atoms with Crippen LogP contribution in [0.15, 0.2) is 6.07 Å². The number of nitrogens with zero attached hydrogens (tertiary/aromatic N) is 2. The number of hydrogen-bond donors (Lipinski definition) is 0. The molecule has 0 N–H and O–H groups in total. The van der Waals surface area contributed by atoms with Gasteiger partial charge in [-0.3, -0.25) is 0 Å². The second-order valence-electron chi connectivity index (χ2n) is 2.77. The highest BCUT2D eigenvalue weighted by Crippen LogP contribution is 2.24. The Morgan fingerprint density at radius 1 is 1.64 bits per heavy atom. The molecular weight excluding hydrogens is 301 g/mol. The molecule has 0 spiro atoms. The molecular formula is C9H7F2IN2. The first kappa shape index (κ1) is 11.3. The number of pyridine rings is 1. The third-order valence-electron chi connectivity index (χ3n) is 1.75. The number of aromatic nitrogens is 1. The van der Waals surface area contributed by atoms with E-state index in [4.69, 9.17) is 5.26 Å². The first-order valence-electron chi connectivity index (χ1n) is 3.87. The molecule has 0 aliphatic heterocycles. The van der Waals surface area contributed by atoms with Gasteiger partial charge < -0.3 is 0 Å². The normalized spacial score (nSPS) is 10.3. The molecule has 0 bridgehead atoms. The molecule has 0 aliphatic carbocycles. The van der Waals surface area contributed by atoms with E-state index in [0.717, 1.165) is 0 Å². The van der Waals surface area contributed by atoms with E-state index < -0.39 is 6.43 Å². The maximum absolute atomic E-state index is 12.5. The molecule has 0 aliphatic rings. The maximum atomic E-state index is 12.5. The molecule has 0 aromatic carbocycles. The standard InChI is InChI=1S/C9H7F2IN2/c1-5-4-6(8(10)11)7(2-3-13)14-9(5)12/h4,8H,2H2,1H3. The van der Waals surface area contributed by atoms with Crippen molar-refractivity contribution in [2.75, 3.05) is 0 Å². The van der Waals surface area contributed by atoms with Crippen LogP contribution in [0.3, 0.4) is 0 Å². The van der Waals surface area contributed by atoms with Crippen LogP contribution < -0.4 is 0 Å². The monoisotopic (exact) mass is 308 g/mol. The highest BCUT2D eigenvalue weighted by atomic mass is 127. The van der Waals surface area contributed by atoms with Gasteiger partial charge in [0.15, 0.2) is 0 Å². The van der Waals surface area contributed by atoms with Gasteiger partial charge in [0, 0.05) is 5.56 Å². The lowest BCUT2D eigenvalue weighted by Crippen LogP contribution is -2.01. The van der Waals surface area contributed by atoms with Crippen LogP contribution in [0.4, 0.5) is 8.78 Å². The van der Waals surface area contributed by atoms with Gasteiger partial charge in [0.2, 0.25) is 0 Å². The predicted octanol–water partition coefficient (Wildman–Crippen LogP) is 3.00. The van der Waals surface area contributed by atoms with Crippen LogP contribution in [0.1, 0.15) is 23.2 Å². The summed E-state index contributed by atoms with van der Waals surface area (Å²) in [6, 6.07) is 3.22. The Hall–Kier alpha value is -0.770. The van der Waals surface area contributed by atoms with Crippen molar-refractivity contribution in [3.05, 3.63) is 26.6 Å². The smallest absolute Gasteiger partial charge is 0.245 e. The van der Waals surface area contributed by atoms with Gasteiger partial charge in [-0.15, -0.1) is 0 Å². The van der Waals surface area contributed by atoms with Crippen LogP contribution in [-0.2, 0) is 6.42 Å². The minimum atomic E-state index is -2.57. The summed E-state index contributed by atoms with van der Waals surface area (Å²) in [7, 11) is 0. The highest BCUT2D eigenvalue weighted by molar-refractivity contribution is 14.1. The summed E-state index contributed by atoms with van der Waals surface area (Å²) in [6.07, 6.45) is -2.64. The molecule has 0 radical (unpaired) electrons. The van der Waals surface area contributed by atoms with Crippen molar-refractivity contribution in [3.63, 3.8) is 0 Å². The Kier molecular flexibility index (Phi) is 3.75. The second-order valence-corrected chi connectivity index (χ2v) is 3.79. The largest absolute Gasteiger partial charge is 0.265 e. The lowest BCUT2D eigenvalue weighted by atomic mass is 10.1. The third-order valence-corrected chi connectivity index (χ3v) is 2.84. The molecule has 5 heteroatoms. The zero-order chi connectivity index (χ0) is 10.7. The summed E-state index contributed by atoms with van der Waals surface area (Å²) >= 11 is 1.96. The highest BCUT2D eigenvalue weighted by Gasteiger charge is 2.15. The van der Waals surface area contributed by atoms with Gasteiger partial charge in [-0.2, -0.15) is 5.26 Å². The zero-order valence-electron chi connectivity index (χ0n) is 7.39. The molecule has 0 saturated heterocycles. The molecule has 0 fully saturated rings. The van der Waals surface area contributed by atoms with Crippen molar-refractivity contribution in [3.8, 4) is 6.07 Å². The minimum Gasteiger partial charge on any atom is -0.245 e. The van der Waals surface area contributed by atoms with E-state index in [2.05, 4.69) is 4.98 Å². The topological polar surface area (TPSA) is 36.7 Å². The first-order chi connectivity index (χ1) is 6.56. The SMILES string of the molecule is Cc1cc(C(F)F)c(CC#N)nc1I. The summed E-state index contributed by atoms with van der Waals surface area (Å²) in [5, 5.41) is 8.45. The zero-order valence-corrected chi connectivity index (χ0v) is 9.55. The molecule has 1 aromatic heterocycles. The van der Waals surface area contributed by atoms with Crippen LogP contribution in [-0.4, -0.2) is 4.98 Å². The fraction of sp³-hybridized carbons (Fsp3) is 0.333. The van der Waals surface area contributed by atoms with Crippen molar-refractivity contribution >= 4 is 22.6 Å². The fourth-order valence-electron chi connectivity index (χ4n) is 1.05.